The van der Waals surface area contributed by atoms with Gasteiger partial charge in [0.25, 0.3) is 0 Å². The van der Waals surface area contributed by atoms with E-state index in [9.17, 15) is 4.79 Å². The van der Waals surface area contributed by atoms with Crippen LogP contribution in [-0.2, 0) is 4.79 Å². The predicted octanol–water partition coefficient (Wildman–Crippen LogP) is 0.160. The molecule has 6 heteroatoms. The quantitative estimate of drug-likeness (QED) is 0.211. The number of carbonyl (C=O) groups is 1. The topological polar surface area (TPSA) is 99.7 Å². The van der Waals surface area contributed by atoms with Crippen molar-refractivity contribution in [3.05, 3.63) is 0 Å². The third-order valence-corrected chi connectivity index (χ3v) is 2.80. The summed E-state index contributed by atoms with van der Waals surface area (Å²) in [4.78, 5) is 11.4. The summed E-state index contributed by atoms with van der Waals surface area (Å²) in [5.74, 6) is 0.311. The van der Waals surface area contributed by atoms with Gasteiger partial charge in [-0.2, -0.15) is 0 Å². The van der Waals surface area contributed by atoms with Crippen molar-refractivity contribution in [2.24, 2.45) is 10.9 Å². The van der Waals surface area contributed by atoms with Crippen molar-refractivity contribution in [3.63, 3.8) is 0 Å². The molecule has 0 aromatic rings. The first-order valence-corrected chi connectivity index (χ1v) is 6.14. The number of oxime groups is 1. The highest BCUT2D eigenvalue weighted by atomic mass is 16.4. The standard InChI is InChI=1S/C11H22N4O2/c1-2-8(7-10(12)15-17)13-6-5-11(16)14-9-3-4-9/h8-9,13,17H,2-7H2,1H3,(H2,12,15)(H,14,16). The number of nitrogens with zero attached hydrogens (tertiary/aromatic N) is 1. The Balaban J connectivity index is 2.11. The summed E-state index contributed by atoms with van der Waals surface area (Å²) in [5.41, 5.74) is 5.44. The average Bonchev–Trinajstić information content (AvgIpc) is 3.11. The van der Waals surface area contributed by atoms with Crippen LogP contribution in [0.25, 0.3) is 0 Å². The van der Waals surface area contributed by atoms with Crippen LogP contribution in [0.4, 0.5) is 0 Å². The number of rotatable bonds is 8. The van der Waals surface area contributed by atoms with Gasteiger partial charge in [0.05, 0.1) is 0 Å². The van der Waals surface area contributed by atoms with Gasteiger partial charge in [0.15, 0.2) is 0 Å². The molecule has 0 aromatic heterocycles. The highest BCUT2D eigenvalue weighted by Crippen LogP contribution is 2.18. The normalized spacial score (nSPS) is 17.8. The molecular formula is C11H22N4O2. The first-order chi connectivity index (χ1) is 8.15. The summed E-state index contributed by atoms with van der Waals surface area (Å²) < 4.78 is 0. The number of nitrogens with two attached hydrogens (primary N) is 1. The Morgan fingerprint density at radius 1 is 1.59 bits per heavy atom. The van der Waals surface area contributed by atoms with Crippen molar-refractivity contribution >= 4 is 11.7 Å². The van der Waals surface area contributed by atoms with Gasteiger partial charge in [-0.25, -0.2) is 0 Å². The Morgan fingerprint density at radius 3 is 2.82 bits per heavy atom. The second-order valence-corrected chi connectivity index (χ2v) is 4.45. The Kier molecular flexibility index (Phi) is 5.76. The monoisotopic (exact) mass is 242 g/mol. The molecule has 5 N–H and O–H groups in total. The summed E-state index contributed by atoms with van der Waals surface area (Å²) >= 11 is 0. The maximum absolute atomic E-state index is 11.4. The van der Waals surface area contributed by atoms with Crippen LogP contribution in [0.2, 0.25) is 0 Å². The number of carbonyl (C=O) groups excluding carboxylic acids is 1. The SMILES string of the molecule is CCC(CC(N)=NO)NCCC(=O)NC1CC1. The van der Waals surface area contributed by atoms with Gasteiger partial charge in [0.2, 0.25) is 5.91 Å². The van der Waals surface area contributed by atoms with Gasteiger partial charge in [-0.1, -0.05) is 12.1 Å². The van der Waals surface area contributed by atoms with E-state index < -0.39 is 0 Å². The summed E-state index contributed by atoms with van der Waals surface area (Å²) in [6, 6.07) is 0.571. The zero-order valence-electron chi connectivity index (χ0n) is 10.3. The molecule has 0 heterocycles. The zero-order valence-corrected chi connectivity index (χ0v) is 10.3. The van der Waals surface area contributed by atoms with Crippen molar-refractivity contribution in [2.45, 2.75) is 51.1 Å². The lowest BCUT2D eigenvalue weighted by Gasteiger charge is -2.15. The van der Waals surface area contributed by atoms with Crippen LogP contribution >= 0.6 is 0 Å². The van der Waals surface area contributed by atoms with Gasteiger partial charge in [-0.15, -0.1) is 0 Å². The Hall–Kier alpha value is -1.30. The Labute approximate surface area is 102 Å². The highest BCUT2D eigenvalue weighted by Gasteiger charge is 2.22. The number of hydrogen-bond donors (Lipinski definition) is 4. The smallest absolute Gasteiger partial charge is 0.221 e. The lowest BCUT2D eigenvalue weighted by molar-refractivity contribution is -0.121. The highest BCUT2D eigenvalue weighted by molar-refractivity contribution is 5.80. The Bertz CT molecular complexity index is 277. The maximum atomic E-state index is 11.4. The van der Waals surface area contributed by atoms with Crippen LogP contribution in [0.5, 0.6) is 0 Å². The number of hydrogen-bond acceptors (Lipinski definition) is 4. The second kappa shape index (κ2) is 7.11. The fourth-order valence-corrected chi connectivity index (χ4v) is 1.57. The van der Waals surface area contributed by atoms with E-state index >= 15 is 0 Å². The zero-order chi connectivity index (χ0) is 12.7. The van der Waals surface area contributed by atoms with E-state index in [0.29, 0.717) is 25.4 Å². The predicted molar refractivity (Wildman–Crippen MR) is 65.9 cm³/mol. The van der Waals surface area contributed by atoms with Gasteiger partial charge < -0.3 is 21.6 Å². The van der Waals surface area contributed by atoms with E-state index in [2.05, 4.69) is 15.8 Å². The third-order valence-electron chi connectivity index (χ3n) is 2.80. The molecule has 1 fully saturated rings. The molecule has 0 aromatic carbocycles. The summed E-state index contributed by atoms with van der Waals surface area (Å²) in [6.45, 7) is 2.64. The minimum Gasteiger partial charge on any atom is -0.409 e. The van der Waals surface area contributed by atoms with Crippen LogP contribution in [0.1, 0.15) is 39.0 Å². The number of amidine groups is 1. The lowest BCUT2D eigenvalue weighted by atomic mass is 10.1. The molecule has 6 nitrogen and oxygen atoms in total. The van der Waals surface area contributed by atoms with Gasteiger partial charge in [-0.05, 0) is 19.3 Å². The average molecular weight is 242 g/mol. The van der Waals surface area contributed by atoms with Crippen LogP contribution < -0.4 is 16.4 Å². The Morgan fingerprint density at radius 2 is 2.29 bits per heavy atom. The van der Waals surface area contributed by atoms with E-state index in [4.69, 9.17) is 10.9 Å². The van der Waals surface area contributed by atoms with Gasteiger partial charge in [0, 0.05) is 31.5 Å². The fourth-order valence-electron chi connectivity index (χ4n) is 1.57. The first kappa shape index (κ1) is 13.8. The van der Waals surface area contributed by atoms with E-state index in [0.717, 1.165) is 19.3 Å². The van der Waals surface area contributed by atoms with Crippen LogP contribution in [-0.4, -0.2) is 35.6 Å². The van der Waals surface area contributed by atoms with Gasteiger partial charge >= 0.3 is 0 Å². The fraction of sp³-hybridized carbons (Fsp3) is 0.818. The van der Waals surface area contributed by atoms with E-state index in [1.807, 2.05) is 6.92 Å². The van der Waals surface area contributed by atoms with Crippen molar-refractivity contribution in [2.75, 3.05) is 6.54 Å². The number of amides is 1. The van der Waals surface area contributed by atoms with Crippen LogP contribution in [0.15, 0.2) is 5.16 Å². The molecule has 0 aliphatic heterocycles. The lowest BCUT2D eigenvalue weighted by Crippen LogP contribution is -2.36. The third kappa shape index (κ3) is 6.11. The molecule has 1 atom stereocenters. The van der Waals surface area contributed by atoms with E-state index in [1.54, 1.807) is 0 Å². The van der Waals surface area contributed by atoms with Crippen LogP contribution in [0, 0.1) is 0 Å². The molecular weight excluding hydrogens is 220 g/mol. The largest absolute Gasteiger partial charge is 0.409 e. The number of nitrogens with one attached hydrogen (secondary N) is 2. The molecule has 1 saturated carbocycles. The summed E-state index contributed by atoms with van der Waals surface area (Å²) in [5, 5.41) is 17.6. The molecule has 1 aliphatic rings. The second-order valence-electron chi connectivity index (χ2n) is 4.45. The molecule has 1 aliphatic carbocycles. The summed E-state index contributed by atoms with van der Waals surface area (Å²) in [7, 11) is 0. The van der Waals surface area contributed by atoms with E-state index in [-0.39, 0.29) is 17.8 Å². The van der Waals surface area contributed by atoms with E-state index in [1.165, 1.54) is 0 Å². The molecule has 0 bridgehead atoms. The molecule has 17 heavy (non-hydrogen) atoms. The molecule has 1 amide bonds. The summed E-state index contributed by atoms with van der Waals surface area (Å²) in [6.07, 6.45) is 4.07. The van der Waals surface area contributed by atoms with Crippen molar-refractivity contribution < 1.29 is 10.0 Å². The molecule has 0 spiro atoms. The van der Waals surface area contributed by atoms with Crippen molar-refractivity contribution in [1.82, 2.24) is 10.6 Å². The first-order valence-electron chi connectivity index (χ1n) is 6.14. The van der Waals surface area contributed by atoms with Gasteiger partial charge in [0.1, 0.15) is 5.84 Å². The molecule has 1 unspecified atom stereocenters. The minimum atomic E-state index is 0.0960. The molecule has 1 rings (SSSR count). The molecule has 0 saturated heterocycles. The maximum Gasteiger partial charge on any atom is 0.221 e. The van der Waals surface area contributed by atoms with Crippen molar-refractivity contribution in [1.29, 1.82) is 0 Å². The van der Waals surface area contributed by atoms with Crippen LogP contribution in [0.3, 0.4) is 0 Å². The van der Waals surface area contributed by atoms with Gasteiger partial charge in [-0.3, -0.25) is 4.79 Å². The minimum absolute atomic E-state index is 0.0960. The molecule has 0 radical (unpaired) electrons. The van der Waals surface area contributed by atoms with Crippen molar-refractivity contribution in [3.8, 4) is 0 Å². The molecule has 98 valence electrons.